The number of nitrogens with zero attached hydrogens (tertiary/aromatic N) is 4. The third-order valence-electron chi connectivity index (χ3n) is 5.55. The summed E-state index contributed by atoms with van der Waals surface area (Å²) in [6.45, 7) is 3.30. The number of methoxy groups -OCH3 is 1. The first-order chi connectivity index (χ1) is 16.6. The quantitative estimate of drug-likeness (QED) is 0.334. The molecule has 2 heterocycles. The predicted octanol–water partition coefficient (Wildman–Crippen LogP) is 5.04. The van der Waals surface area contributed by atoms with Crippen molar-refractivity contribution in [3.05, 3.63) is 47.5 Å². The number of likely N-dealkylation sites (tertiary alicyclic amines) is 1. The highest BCUT2D eigenvalue weighted by Crippen LogP contribution is 2.35. The Morgan fingerprint density at radius 2 is 2.06 bits per heavy atom. The summed E-state index contributed by atoms with van der Waals surface area (Å²) in [5.41, 5.74) is 2.38. The number of ether oxygens (including phenoxy) is 2. The zero-order valence-electron chi connectivity index (χ0n) is 19.2. The number of rotatable bonds is 9. The van der Waals surface area contributed by atoms with E-state index in [9.17, 15) is 4.39 Å². The maximum atomic E-state index is 13.5. The van der Waals surface area contributed by atoms with Gasteiger partial charge in [-0.3, -0.25) is 4.90 Å². The van der Waals surface area contributed by atoms with Gasteiger partial charge in [0.05, 0.1) is 30.0 Å². The Hall–Kier alpha value is -3.17. The van der Waals surface area contributed by atoms with Gasteiger partial charge >= 0.3 is 0 Å². The Balaban J connectivity index is 1.46. The summed E-state index contributed by atoms with van der Waals surface area (Å²) in [5.74, 6) is 1.27. The number of hydrogen-bond donors (Lipinski definition) is 1. The molecular formula is C24H27ClFN5O3. The van der Waals surface area contributed by atoms with Gasteiger partial charge in [0.1, 0.15) is 25.1 Å². The molecule has 1 N–H and O–H groups in total. The van der Waals surface area contributed by atoms with Crippen LogP contribution in [0.4, 0.5) is 15.9 Å². The normalized spacial score (nSPS) is 15.5. The van der Waals surface area contributed by atoms with Gasteiger partial charge in [0.15, 0.2) is 11.5 Å². The van der Waals surface area contributed by atoms with Gasteiger partial charge in [-0.25, -0.2) is 14.4 Å². The van der Waals surface area contributed by atoms with Crippen LogP contribution >= 0.6 is 11.6 Å². The van der Waals surface area contributed by atoms with E-state index in [1.165, 1.54) is 18.5 Å². The van der Waals surface area contributed by atoms with Crippen LogP contribution in [0.15, 0.2) is 41.8 Å². The van der Waals surface area contributed by atoms with Gasteiger partial charge in [-0.1, -0.05) is 16.8 Å². The van der Waals surface area contributed by atoms with E-state index < -0.39 is 5.82 Å². The molecular weight excluding hydrogens is 461 g/mol. The van der Waals surface area contributed by atoms with Crippen molar-refractivity contribution in [3.8, 4) is 11.5 Å². The molecule has 0 amide bonds. The Bertz CT molecular complexity index is 1180. The first kappa shape index (κ1) is 24.0. The lowest BCUT2D eigenvalue weighted by molar-refractivity contribution is 0.201. The van der Waals surface area contributed by atoms with Crippen molar-refractivity contribution in [1.82, 2.24) is 14.9 Å². The predicted molar refractivity (Wildman–Crippen MR) is 131 cm³/mol. The van der Waals surface area contributed by atoms with Gasteiger partial charge in [-0.2, -0.15) is 0 Å². The zero-order valence-corrected chi connectivity index (χ0v) is 19.9. The van der Waals surface area contributed by atoms with E-state index in [1.807, 2.05) is 12.1 Å². The average molecular weight is 488 g/mol. The minimum atomic E-state index is -0.480. The van der Waals surface area contributed by atoms with Crippen molar-refractivity contribution < 1.29 is 18.7 Å². The van der Waals surface area contributed by atoms with Gasteiger partial charge < -0.3 is 19.6 Å². The molecule has 1 aliphatic rings. The lowest BCUT2D eigenvalue weighted by Gasteiger charge is -2.27. The van der Waals surface area contributed by atoms with Crippen molar-refractivity contribution in [2.45, 2.75) is 19.3 Å². The molecule has 0 atom stereocenters. The fraction of sp³-hybridized carbons (Fsp3) is 0.375. The minimum Gasteiger partial charge on any atom is -0.493 e. The molecule has 1 fully saturated rings. The number of oxime groups is 1. The van der Waals surface area contributed by atoms with Crippen LogP contribution in [0.3, 0.4) is 0 Å². The molecule has 0 spiro atoms. The summed E-state index contributed by atoms with van der Waals surface area (Å²) in [4.78, 5) is 16.0. The highest BCUT2D eigenvalue weighted by molar-refractivity contribution is 6.31. The average Bonchev–Trinajstić information content (AvgIpc) is 2.84. The monoisotopic (exact) mass is 487 g/mol. The zero-order chi connectivity index (χ0) is 23.9. The molecule has 8 nitrogen and oxygen atoms in total. The van der Waals surface area contributed by atoms with Gasteiger partial charge in [-0.15, -0.1) is 0 Å². The first-order valence-electron chi connectivity index (χ1n) is 11.1. The topological polar surface area (TPSA) is 81.1 Å². The Morgan fingerprint density at radius 3 is 2.85 bits per heavy atom. The van der Waals surface area contributed by atoms with Crippen LogP contribution in [-0.4, -0.2) is 61.0 Å². The fourth-order valence-corrected chi connectivity index (χ4v) is 4.11. The number of piperidine rings is 1. The fourth-order valence-electron chi connectivity index (χ4n) is 3.93. The molecule has 180 valence electrons. The lowest BCUT2D eigenvalue weighted by atomic mass is 10.1. The van der Waals surface area contributed by atoms with E-state index in [0.717, 1.165) is 50.0 Å². The third kappa shape index (κ3) is 5.84. The second-order valence-electron chi connectivity index (χ2n) is 7.92. The molecule has 1 aromatic heterocycles. The Morgan fingerprint density at radius 1 is 1.18 bits per heavy atom. The molecule has 4 rings (SSSR count). The summed E-state index contributed by atoms with van der Waals surface area (Å²) in [5, 5.41) is 8.05. The number of anilines is 2. The summed E-state index contributed by atoms with van der Waals surface area (Å²) >= 11 is 5.91. The van der Waals surface area contributed by atoms with Gasteiger partial charge in [0.25, 0.3) is 0 Å². The van der Waals surface area contributed by atoms with Crippen molar-refractivity contribution in [3.63, 3.8) is 0 Å². The minimum absolute atomic E-state index is 0.0309. The number of benzene rings is 2. The van der Waals surface area contributed by atoms with Crippen molar-refractivity contribution >= 4 is 39.7 Å². The molecule has 0 aliphatic carbocycles. The van der Waals surface area contributed by atoms with Crippen LogP contribution in [0.1, 0.15) is 19.3 Å². The summed E-state index contributed by atoms with van der Waals surface area (Å²) < 4.78 is 25.1. The largest absolute Gasteiger partial charge is 0.493 e. The molecule has 0 unspecified atom stereocenters. The highest BCUT2D eigenvalue weighted by Gasteiger charge is 2.16. The van der Waals surface area contributed by atoms with Gasteiger partial charge in [0.2, 0.25) is 0 Å². The molecule has 0 saturated carbocycles. The number of halogens is 2. The summed E-state index contributed by atoms with van der Waals surface area (Å²) in [7, 11) is 3.18. The molecule has 34 heavy (non-hydrogen) atoms. The number of aromatic nitrogens is 2. The number of fused-ring (bicyclic) bond motifs is 1. The summed E-state index contributed by atoms with van der Waals surface area (Å²) in [6, 6.07) is 8.08. The Labute approximate surface area is 202 Å². The molecule has 0 radical (unpaired) electrons. The van der Waals surface area contributed by atoms with E-state index in [-0.39, 0.29) is 5.02 Å². The first-order valence-corrected chi connectivity index (χ1v) is 11.4. The van der Waals surface area contributed by atoms with Crippen LogP contribution < -0.4 is 14.8 Å². The summed E-state index contributed by atoms with van der Waals surface area (Å²) in [6.07, 6.45) is 4.37. The standard InChI is InChI=1S/C24H27ClFN5O3/c1-32-22-13-21-18(24(28-15-27-21)29-16-6-7-20(26)19(25)11-16)12-23(22)34-10-4-9-31-8-3-5-17(14-31)30-33-2/h6-7,11-13,15H,3-5,8-10,14H2,1-2H3,(H,27,28,29)/b30-17+. The highest BCUT2D eigenvalue weighted by atomic mass is 35.5. The Kier molecular flexibility index (Phi) is 7.97. The molecule has 0 bridgehead atoms. The maximum Gasteiger partial charge on any atom is 0.162 e. The molecule has 1 aliphatic heterocycles. The van der Waals surface area contributed by atoms with Crippen LogP contribution in [0.5, 0.6) is 11.5 Å². The molecule has 3 aromatic rings. The maximum absolute atomic E-state index is 13.5. The van der Waals surface area contributed by atoms with Crippen LogP contribution in [0.2, 0.25) is 5.02 Å². The number of hydrogen-bond acceptors (Lipinski definition) is 8. The van der Waals surface area contributed by atoms with E-state index in [0.29, 0.717) is 35.1 Å². The van der Waals surface area contributed by atoms with Gasteiger partial charge in [-0.05, 0) is 50.1 Å². The van der Waals surface area contributed by atoms with Gasteiger partial charge in [0, 0.05) is 30.2 Å². The van der Waals surface area contributed by atoms with Crippen molar-refractivity contribution in [1.29, 1.82) is 0 Å². The second kappa shape index (κ2) is 11.3. The third-order valence-corrected chi connectivity index (χ3v) is 5.84. The van der Waals surface area contributed by atoms with Crippen LogP contribution in [-0.2, 0) is 4.84 Å². The smallest absolute Gasteiger partial charge is 0.162 e. The number of nitrogens with one attached hydrogen (secondary N) is 1. The van der Waals surface area contributed by atoms with Crippen molar-refractivity contribution in [2.75, 3.05) is 45.8 Å². The van der Waals surface area contributed by atoms with E-state index >= 15 is 0 Å². The molecule has 2 aromatic carbocycles. The van der Waals surface area contributed by atoms with Crippen molar-refractivity contribution in [2.24, 2.45) is 5.16 Å². The molecule has 1 saturated heterocycles. The van der Waals surface area contributed by atoms with Crippen LogP contribution in [0, 0.1) is 5.82 Å². The van der Waals surface area contributed by atoms with E-state index in [2.05, 4.69) is 25.3 Å². The molecule has 10 heteroatoms. The SMILES string of the molecule is CO/N=C1\CCCN(CCCOc2cc3c(Nc4ccc(F)c(Cl)c4)ncnc3cc2OC)C1. The lowest BCUT2D eigenvalue weighted by Crippen LogP contribution is -2.36. The van der Waals surface area contributed by atoms with E-state index in [1.54, 1.807) is 20.3 Å². The van der Waals surface area contributed by atoms with Crippen LogP contribution in [0.25, 0.3) is 10.9 Å². The van der Waals surface area contributed by atoms with E-state index in [4.69, 9.17) is 25.9 Å². The second-order valence-corrected chi connectivity index (χ2v) is 8.33.